The van der Waals surface area contributed by atoms with Crippen LogP contribution in [-0.2, 0) is 0 Å². The van der Waals surface area contributed by atoms with Crippen molar-refractivity contribution in [1.82, 2.24) is 4.98 Å². The number of pyridine rings is 1. The topological polar surface area (TPSA) is 98.9 Å². The molecule has 0 aliphatic rings. The van der Waals surface area contributed by atoms with Crippen LogP contribution in [-0.4, -0.2) is 30.3 Å². The summed E-state index contributed by atoms with van der Waals surface area (Å²) in [7, 11) is 3.14. The molecular formula is C15H16N4O4. The van der Waals surface area contributed by atoms with Gasteiger partial charge in [-0.2, -0.15) is 5.10 Å². The van der Waals surface area contributed by atoms with Gasteiger partial charge in [0.25, 0.3) is 5.69 Å². The van der Waals surface area contributed by atoms with E-state index >= 15 is 0 Å². The lowest BCUT2D eigenvalue weighted by molar-refractivity contribution is -0.385. The number of nitro groups is 1. The van der Waals surface area contributed by atoms with Gasteiger partial charge in [0.1, 0.15) is 12.0 Å². The monoisotopic (exact) mass is 316 g/mol. The van der Waals surface area contributed by atoms with Crippen LogP contribution in [0.4, 0.5) is 11.5 Å². The molecule has 2 rings (SSSR count). The zero-order chi connectivity index (χ0) is 16.8. The van der Waals surface area contributed by atoms with E-state index in [-0.39, 0.29) is 5.69 Å². The molecule has 1 aromatic carbocycles. The highest BCUT2D eigenvalue weighted by atomic mass is 16.6. The maximum atomic E-state index is 10.6. The molecule has 0 fully saturated rings. The molecule has 1 N–H and O–H groups in total. The summed E-state index contributed by atoms with van der Waals surface area (Å²) >= 11 is 0. The molecule has 0 saturated carbocycles. The molecule has 2 aromatic rings. The maximum absolute atomic E-state index is 10.6. The Bertz CT molecular complexity index is 729. The van der Waals surface area contributed by atoms with Crippen LogP contribution in [0.2, 0.25) is 0 Å². The number of nitrogens with zero attached hydrogens (tertiary/aromatic N) is 3. The van der Waals surface area contributed by atoms with Gasteiger partial charge in [0.15, 0.2) is 11.5 Å². The Morgan fingerprint density at radius 1 is 1.26 bits per heavy atom. The second kappa shape index (κ2) is 7.21. The normalized spacial score (nSPS) is 10.6. The number of anilines is 1. The van der Waals surface area contributed by atoms with Crippen molar-refractivity contribution in [3.8, 4) is 11.5 Å². The Kier molecular flexibility index (Phi) is 5.08. The molecular weight excluding hydrogens is 300 g/mol. The van der Waals surface area contributed by atoms with E-state index in [1.807, 2.05) is 19.1 Å². The largest absolute Gasteiger partial charge is 0.493 e. The number of methoxy groups -OCH3 is 2. The smallest absolute Gasteiger partial charge is 0.287 e. The fourth-order valence-electron chi connectivity index (χ4n) is 1.86. The first-order chi connectivity index (χ1) is 11.0. The van der Waals surface area contributed by atoms with Gasteiger partial charge in [0, 0.05) is 11.6 Å². The Morgan fingerprint density at radius 3 is 2.52 bits per heavy atom. The lowest BCUT2D eigenvalue weighted by Gasteiger charge is -2.10. The van der Waals surface area contributed by atoms with Crippen molar-refractivity contribution in [1.29, 1.82) is 0 Å². The fraction of sp³-hybridized carbons (Fsp3) is 0.200. The average Bonchev–Trinajstić information content (AvgIpc) is 2.56. The number of hydrazone groups is 1. The van der Waals surface area contributed by atoms with Crippen LogP contribution in [0.25, 0.3) is 0 Å². The van der Waals surface area contributed by atoms with E-state index < -0.39 is 4.92 Å². The second-order valence-electron chi connectivity index (χ2n) is 4.59. The number of nitrogens with one attached hydrogen (secondary N) is 1. The highest BCUT2D eigenvalue weighted by molar-refractivity contribution is 5.83. The highest BCUT2D eigenvalue weighted by Gasteiger charge is 2.07. The summed E-state index contributed by atoms with van der Waals surface area (Å²) < 4.78 is 10.5. The van der Waals surface area contributed by atoms with E-state index in [1.54, 1.807) is 20.4 Å². The van der Waals surface area contributed by atoms with Gasteiger partial charge in [-0.3, -0.25) is 15.5 Å². The van der Waals surface area contributed by atoms with Gasteiger partial charge < -0.3 is 9.47 Å². The predicted molar refractivity (Wildman–Crippen MR) is 86.4 cm³/mol. The summed E-state index contributed by atoms with van der Waals surface area (Å²) in [5.41, 5.74) is 4.45. The van der Waals surface area contributed by atoms with Gasteiger partial charge in [-0.05, 0) is 30.7 Å². The van der Waals surface area contributed by atoms with Gasteiger partial charge in [0.05, 0.1) is 25.4 Å². The molecule has 1 heterocycles. The highest BCUT2D eigenvalue weighted by Crippen LogP contribution is 2.29. The number of rotatable bonds is 6. The third-order valence-electron chi connectivity index (χ3n) is 3.11. The van der Waals surface area contributed by atoms with Crippen molar-refractivity contribution >= 4 is 17.7 Å². The van der Waals surface area contributed by atoms with E-state index in [4.69, 9.17) is 9.47 Å². The first-order valence-corrected chi connectivity index (χ1v) is 6.67. The molecule has 0 radical (unpaired) electrons. The third-order valence-corrected chi connectivity index (χ3v) is 3.11. The number of hydrogen-bond acceptors (Lipinski definition) is 7. The number of aromatic nitrogens is 1. The quantitative estimate of drug-likeness (QED) is 0.500. The molecule has 0 bridgehead atoms. The van der Waals surface area contributed by atoms with E-state index in [2.05, 4.69) is 15.5 Å². The lowest BCUT2D eigenvalue weighted by atomic mass is 10.1. The van der Waals surface area contributed by atoms with Crippen LogP contribution >= 0.6 is 0 Å². The lowest BCUT2D eigenvalue weighted by Crippen LogP contribution is -1.98. The molecule has 0 aliphatic heterocycles. The van der Waals surface area contributed by atoms with Crippen LogP contribution < -0.4 is 14.9 Å². The Morgan fingerprint density at radius 2 is 1.96 bits per heavy atom. The molecule has 120 valence electrons. The molecule has 0 amide bonds. The Labute approximate surface area is 132 Å². The van der Waals surface area contributed by atoms with E-state index in [0.717, 1.165) is 11.1 Å². The molecule has 23 heavy (non-hydrogen) atoms. The van der Waals surface area contributed by atoms with Crippen molar-refractivity contribution in [2.24, 2.45) is 5.10 Å². The second-order valence-corrected chi connectivity index (χ2v) is 4.59. The average molecular weight is 316 g/mol. The minimum Gasteiger partial charge on any atom is -0.493 e. The zero-order valence-electron chi connectivity index (χ0n) is 12.9. The summed E-state index contributed by atoms with van der Waals surface area (Å²) in [4.78, 5) is 14.0. The molecule has 8 heteroatoms. The Hall–Kier alpha value is -3.16. The van der Waals surface area contributed by atoms with Crippen LogP contribution in [0.15, 0.2) is 35.6 Å². The molecule has 0 unspecified atom stereocenters. The molecule has 1 aromatic heterocycles. The van der Waals surface area contributed by atoms with Gasteiger partial charge in [-0.25, -0.2) is 4.98 Å². The van der Waals surface area contributed by atoms with Crippen molar-refractivity contribution in [3.05, 3.63) is 51.7 Å². The van der Waals surface area contributed by atoms with Crippen molar-refractivity contribution < 1.29 is 14.4 Å². The minimum absolute atomic E-state index is 0.0738. The van der Waals surface area contributed by atoms with Crippen LogP contribution in [0.1, 0.15) is 11.1 Å². The van der Waals surface area contributed by atoms with Gasteiger partial charge >= 0.3 is 0 Å². The molecule has 0 atom stereocenters. The van der Waals surface area contributed by atoms with Gasteiger partial charge in [0.2, 0.25) is 0 Å². The van der Waals surface area contributed by atoms with Crippen molar-refractivity contribution in [2.75, 3.05) is 19.6 Å². The standard InChI is InChI=1S/C15H16N4O4/c1-10-6-13(22-2)14(23-3)7-11(10)8-17-18-15-5-4-12(9-16-15)19(20)21/h4-9H,1-3H3,(H,16,18)/b17-8-. The maximum Gasteiger partial charge on any atom is 0.287 e. The predicted octanol–water partition coefficient (Wildman–Crippen LogP) is 2.76. The van der Waals surface area contributed by atoms with Crippen LogP contribution in [0.5, 0.6) is 11.5 Å². The number of ether oxygens (including phenoxy) is 2. The third kappa shape index (κ3) is 3.94. The molecule has 0 saturated heterocycles. The summed E-state index contributed by atoms with van der Waals surface area (Å²) in [6, 6.07) is 6.50. The minimum atomic E-state index is -0.507. The summed E-state index contributed by atoms with van der Waals surface area (Å²) in [5.74, 6) is 1.66. The van der Waals surface area contributed by atoms with Crippen LogP contribution in [0.3, 0.4) is 0 Å². The number of hydrogen-bond donors (Lipinski definition) is 1. The summed E-state index contributed by atoms with van der Waals surface area (Å²) in [6.45, 7) is 1.92. The van der Waals surface area contributed by atoms with Crippen molar-refractivity contribution in [3.63, 3.8) is 0 Å². The Balaban J connectivity index is 2.12. The van der Waals surface area contributed by atoms with Crippen molar-refractivity contribution in [2.45, 2.75) is 6.92 Å². The van der Waals surface area contributed by atoms with Gasteiger partial charge in [-0.15, -0.1) is 0 Å². The summed E-state index contributed by atoms with van der Waals surface area (Å²) in [5, 5.41) is 14.6. The molecule has 0 spiro atoms. The van der Waals surface area contributed by atoms with E-state index in [1.165, 1.54) is 18.3 Å². The van der Waals surface area contributed by atoms with Gasteiger partial charge in [-0.1, -0.05) is 0 Å². The SMILES string of the molecule is COc1cc(C)c(/C=N\Nc2ccc([N+](=O)[O-])cn2)cc1OC. The number of aryl methyl sites for hydroxylation is 1. The van der Waals surface area contributed by atoms with E-state index in [9.17, 15) is 10.1 Å². The van der Waals surface area contributed by atoms with Crippen LogP contribution in [0, 0.1) is 17.0 Å². The fourth-order valence-corrected chi connectivity index (χ4v) is 1.86. The molecule has 8 nitrogen and oxygen atoms in total. The molecule has 0 aliphatic carbocycles. The summed E-state index contributed by atoms with van der Waals surface area (Å²) in [6.07, 6.45) is 2.78. The number of benzene rings is 1. The van der Waals surface area contributed by atoms with E-state index in [0.29, 0.717) is 17.3 Å². The first-order valence-electron chi connectivity index (χ1n) is 6.67. The first kappa shape index (κ1) is 16.2. The zero-order valence-corrected chi connectivity index (χ0v) is 12.9.